The van der Waals surface area contributed by atoms with Crippen molar-refractivity contribution in [2.75, 3.05) is 20.2 Å². The van der Waals surface area contributed by atoms with Crippen molar-refractivity contribution in [2.24, 2.45) is 11.3 Å². The highest BCUT2D eigenvalue weighted by Gasteiger charge is 2.36. The van der Waals surface area contributed by atoms with Crippen LogP contribution < -0.4 is 0 Å². The summed E-state index contributed by atoms with van der Waals surface area (Å²) in [5.41, 5.74) is 0.173. The van der Waals surface area contributed by atoms with Gasteiger partial charge in [0.25, 0.3) is 0 Å². The molecule has 1 aliphatic heterocycles. The van der Waals surface area contributed by atoms with Gasteiger partial charge in [0.1, 0.15) is 0 Å². The predicted molar refractivity (Wildman–Crippen MR) is 65.4 cm³/mol. The van der Waals surface area contributed by atoms with Crippen LogP contribution in [0.5, 0.6) is 0 Å². The molecule has 1 amide bonds. The molecule has 0 spiro atoms. The van der Waals surface area contributed by atoms with Crippen LogP contribution in [0.3, 0.4) is 0 Å². The summed E-state index contributed by atoms with van der Waals surface area (Å²) in [5.74, 6) is 0.437. The van der Waals surface area contributed by atoms with E-state index in [9.17, 15) is 9.59 Å². The second-order valence-electron chi connectivity index (χ2n) is 5.79. The van der Waals surface area contributed by atoms with E-state index >= 15 is 0 Å². The minimum Gasteiger partial charge on any atom is -0.469 e. The first-order valence-electron chi connectivity index (χ1n) is 6.19. The standard InChI is InChI=1S/C13H23NO3/c1-13(2,3)10-8-11(15)14(9-10)7-5-6-12(16)17-4/h10H,5-9H2,1-4H3. The number of nitrogens with zero attached hydrogens (tertiary/aromatic N) is 1. The van der Waals surface area contributed by atoms with Gasteiger partial charge in [-0.05, 0) is 17.8 Å². The number of methoxy groups -OCH3 is 1. The van der Waals surface area contributed by atoms with Crippen molar-refractivity contribution >= 4 is 11.9 Å². The molecule has 0 bridgehead atoms. The molecular weight excluding hydrogens is 218 g/mol. The molecule has 0 aromatic rings. The zero-order valence-electron chi connectivity index (χ0n) is 11.3. The largest absolute Gasteiger partial charge is 0.469 e. The molecule has 0 aromatic carbocycles. The summed E-state index contributed by atoms with van der Waals surface area (Å²) in [6, 6.07) is 0. The maximum atomic E-state index is 11.8. The van der Waals surface area contributed by atoms with Crippen molar-refractivity contribution in [3.05, 3.63) is 0 Å². The molecule has 0 saturated carbocycles. The summed E-state index contributed by atoms with van der Waals surface area (Å²) < 4.78 is 4.57. The Morgan fingerprint density at radius 2 is 2.12 bits per heavy atom. The van der Waals surface area contributed by atoms with Gasteiger partial charge in [0, 0.05) is 25.9 Å². The second-order valence-corrected chi connectivity index (χ2v) is 5.79. The Labute approximate surface area is 103 Å². The predicted octanol–water partition coefficient (Wildman–Crippen LogP) is 1.83. The second kappa shape index (κ2) is 5.52. The van der Waals surface area contributed by atoms with Crippen LogP contribution >= 0.6 is 0 Å². The molecular formula is C13H23NO3. The van der Waals surface area contributed by atoms with Crippen molar-refractivity contribution in [2.45, 2.75) is 40.0 Å². The SMILES string of the molecule is COC(=O)CCCN1CC(C(C)(C)C)CC1=O. The topological polar surface area (TPSA) is 46.6 Å². The first kappa shape index (κ1) is 14.0. The van der Waals surface area contributed by atoms with Gasteiger partial charge in [-0.2, -0.15) is 0 Å². The van der Waals surface area contributed by atoms with Crippen LogP contribution in [0.2, 0.25) is 0 Å². The summed E-state index contributed by atoms with van der Waals surface area (Å²) in [6.45, 7) is 8.00. The van der Waals surface area contributed by atoms with E-state index in [-0.39, 0.29) is 17.3 Å². The summed E-state index contributed by atoms with van der Waals surface area (Å²) >= 11 is 0. The van der Waals surface area contributed by atoms with E-state index in [1.165, 1.54) is 7.11 Å². The van der Waals surface area contributed by atoms with E-state index in [4.69, 9.17) is 0 Å². The maximum absolute atomic E-state index is 11.8. The lowest BCUT2D eigenvalue weighted by Gasteiger charge is -2.26. The summed E-state index contributed by atoms with van der Waals surface area (Å²) in [5, 5.41) is 0. The van der Waals surface area contributed by atoms with E-state index in [2.05, 4.69) is 25.5 Å². The van der Waals surface area contributed by atoms with E-state index in [0.29, 0.717) is 31.7 Å². The van der Waals surface area contributed by atoms with E-state index in [1.807, 2.05) is 4.90 Å². The van der Waals surface area contributed by atoms with Gasteiger partial charge in [-0.1, -0.05) is 20.8 Å². The number of rotatable bonds is 4. The monoisotopic (exact) mass is 241 g/mol. The van der Waals surface area contributed by atoms with E-state index in [0.717, 1.165) is 6.54 Å². The molecule has 4 nitrogen and oxygen atoms in total. The fourth-order valence-corrected chi connectivity index (χ4v) is 2.08. The van der Waals surface area contributed by atoms with Crippen LogP contribution in [-0.4, -0.2) is 37.0 Å². The summed E-state index contributed by atoms with van der Waals surface area (Å²) in [4.78, 5) is 24.6. The Morgan fingerprint density at radius 3 is 2.59 bits per heavy atom. The van der Waals surface area contributed by atoms with E-state index in [1.54, 1.807) is 0 Å². The fraction of sp³-hybridized carbons (Fsp3) is 0.846. The molecule has 4 heteroatoms. The lowest BCUT2D eigenvalue weighted by atomic mass is 9.80. The van der Waals surface area contributed by atoms with Crippen LogP contribution in [0.25, 0.3) is 0 Å². The van der Waals surface area contributed by atoms with Crippen molar-refractivity contribution in [3.63, 3.8) is 0 Å². The highest BCUT2D eigenvalue weighted by molar-refractivity contribution is 5.78. The first-order chi connectivity index (χ1) is 7.84. The summed E-state index contributed by atoms with van der Waals surface area (Å²) in [6.07, 6.45) is 1.72. The molecule has 98 valence electrons. The number of hydrogen-bond acceptors (Lipinski definition) is 3. The lowest BCUT2D eigenvalue weighted by Crippen LogP contribution is -2.29. The molecule has 1 rings (SSSR count). The zero-order valence-corrected chi connectivity index (χ0v) is 11.3. The number of amides is 1. The zero-order chi connectivity index (χ0) is 13.1. The Kier molecular flexibility index (Phi) is 4.54. The molecule has 1 aliphatic rings. The fourth-order valence-electron chi connectivity index (χ4n) is 2.08. The van der Waals surface area contributed by atoms with Gasteiger partial charge in [0.15, 0.2) is 0 Å². The van der Waals surface area contributed by atoms with Crippen molar-refractivity contribution in [1.82, 2.24) is 4.90 Å². The van der Waals surface area contributed by atoms with Crippen LogP contribution in [0.4, 0.5) is 0 Å². The molecule has 1 atom stereocenters. The third-order valence-electron chi connectivity index (χ3n) is 3.48. The van der Waals surface area contributed by atoms with Gasteiger partial charge < -0.3 is 9.64 Å². The van der Waals surface area contributed by atoms with Crippen molar-refractivity contribution < 1.29 is 14.3 Å². The van der Waals surface area contributed by atoms with Gasteiger partial charge in [-0.25, -0.2) is 0 Å². The Balaban J connectivity index is 2.36. The molecule has 1 heterocycles. The number of ether oxygens (including phenoxy) is 1. The number of hydrogen-bond donors (Lipinski definition) is 0. The van der Waals surface area contributed by atoms with Crippen molar-refractivity contribution in [1.29, 1.82) is 0 Å². The maximum Gasteiger partial charge on any atom is 0.305 e. The molecule has 17 heavy (non-hydrogen) atoms. The van der Waals surface area contributed by atoms with Gasteiger partial charge in [-0.3, -0.25) is 9.59 Å². The van der Waals surface area contributed by atoms with Gasteiger partial charge >= 0.3 is 5.97 Å². The number of carbonyl (C=O) groups excluding carboxylic acids is 2. The van der Waals surface area contributed by atoms with Crippen LogP contribution in [0, 0.1) is 11.3 Å². The molecule has 1 unspecified atom stereocenters. The molecule has 0 radical (unpaired) electrons. The Hall–Kier alpha value is -1.06. The Morgan fingerprint density at radius 1 is 1.47 bits per heavy atom. The summed E-state index contributed by atoms with van der Waals surface area (Å²) in [7, 11) is 1.39. The third kappa shape index (κ3) is 4.02. The highest BCUT2D eigenvalue weighted by atomic mass is 16.5. The van der Waals surface area contributed by atoms with Gasteiger partial charge in [0.2, 0.25) is 5.91 Å². The molecule has 0 aromatic heterocycles. The van der Waals surface area contributed by atoms with Gasteiger partial charge in [-0.15, -0.1) is 0 Å². The molecule has 1 saturated heterocycles. The normalized spacial score (nSPS) is 20.8. The molecule has 0 N–H and O–H groups in total. The Bertz CT molecular complexity index is 294. The van der Waals surface area contributed by atoms with E-state index < -0.39 is 0 Å². The van der Waals surface area contributed by atoms with Crippen LogP contribution in [-0.2, 0) is 14.3 Å². The minimum atomic E-state index is -0.205. The molecule has 0 aliphatic carbocycles. The van der Waals surface area contributed by atoms with Gasteiger partial charge in [0.05, 0.1) is 7.11 Å². The number of carbonyl (C=O) groups is 2. The van der Waals surface area contributed by atoms with Crippen molar-refractivity contribution in [3.8, 4) is 0 Å². The number of esters is 1. The van der Waals surface area contributed by atoms with Crippen LogP contribution in [0.15, 0.2) is 0 Å². The molecule has 1 fully saturated rings. The average molecular weight is 241 g/mol. The van der Waals surface area contributed by atoms with Crippen LogP contribution in [0.1, 0.15) is 40.0 Å². The quantitative estimate of drug-likeness (QED) is 0.705. The smallest absolute Gasteiger partial charge is 0.305 e. The number of likely N-dealkylation sites (tertiary alicyclic amines) is 1. The lowest BCUT2D eigenvalue weighted by molar-refractivity contribution is -0.141. The third-order valence-corrected chi connectivity index (χ3v) is 3.48. The first-order valence-corrected chi connectivity index (χ1v) is 6.19. The minimum absolute atomic E-state index is 0.173. The average Bonchev–Trinajstić information content (AvgIpc) is 2.60. The highest BCUT2D eigenvalue weighted by Crippen LogP contribution is 2.34.